The lowest BCUT2D eigenvalue weighted by atomic mass is 9.75. The van der Waals surface area contributed by atoms with Gasteiger partial charge in [0.25, 0.3) is 0 Å². The van der Waals surface area contributed by atoms with E-state index >= 15 is 0 Å². The number of esters is 3. The first-order chi connectivity index (χ1) is 15.4. The molecule has 3 rings (SSSR count). The van der Waals surface area contributed by atoms with Crippen LogP contribution in [0.3, 0.4) is 0 Å². The number of rotatable bonds is 4. The summed E-state index contributed by atoms with van der Waals surface area (Å²) >= 11 is 0. The van der Waals surface area contributed by atoms with Crippen molar-refractivity contribution in [2.45, 2.75) is 77.2 Å². The summed E-state index contributed by atoms with van der Waals surface area (Å²) in [4.78, 5) is 50.9. The van der Waals surface area contributed by atoms with Crippen LogP contribution in [-0.2, 0) is 38.1 Å². The molecule has 1 aliphatic carbocycles. The minimum atomic E-state index is -2.29. The first-order valence-corrected chi connectivity index (χ1v) is 10.9. The molecule has 0 unspecified atom stereocenters. The Bertz CT molecular complexity index is 928. The zero-order chi connectivity index (χ0) is 24.7. The zero-order valence-electron chi connectivity index (χ0n) is 19.4. The molecule has 3 aliphatic rings. The normalized spacial score (nSPS) is 38.9. The van der Waals surface area contributed by atoms with E-state index in [-0.39, 0.29) is 17.1 Å². The highest BCUT2D eigenvalue weighted by molar-refractivity contribution is 5.95. The fourth-order valence-electron chi connectivity index (χ4n) is 4.41. The highest BCUT2D eigenvalue weighted by atomic mass is 16.6. The van der Waals surface area contributed by atoms with Gasteiger partial charge in [-0.05, 0) is 40.0 Å². The van der Waals surface area contributed by atoms with E-state index in [2.05, 4.69) is 6.58 Å². The monoisotopic (exact) mass is 462 g/mol. The maximum Gasteiger partial charge on any atom is 0.334 e. The van der Waals surface area contributed by atoms with E-state index in [1.165, 1.54) is 26.0 Å². The summed E-state index contributed by atoms with van der Waals surface area (Å²) in [6.45, 7) is 11.6. The van der Waals surface area contributed by atoms with Crippen LogP contribution >= 0.6 is 0 Å². The van der Waals surface area contributed by atoms with E-state index < -0.39 is 65.7 Å². The molecule has 0 bridgehead atoms. The summed E-state index contributed by atoms with van der Waals surface area (Å²) in [7, 11) is 0. The van der Waals surface area contributed by atoms with Gasteiger partial charge in [-0.3, -0.25) is 4.79 Å². The Morgan fingerprint density at radius 3 is 2.52 bits per heavy atom. The number of carbonyl (C=O) groups is 4. The minimum absolute atomic E-state index is 0.00590. The van der Waals surface area contributed by atoms with Crippen molar-refractivity contribution in [3.8, 4) is 0 Å². The quantitative estimate of drug-likeness (QED) is 0.286. The second kappa shape index (κ2) is 9.23. The van der Waals surface area contributed by atoms with Crippen molar-refractivity contribution in [1.82, 2.24) is 0 Å². The van der Waals surface area contributed by atoms with E-state index in [1.54, 1.807) is 13.8 Å². The number of epoxide rings is 1. The Kier molecular flexibility index (Phi) is 6.95. The second-order valence-corrected chi connectivity index (χ2v) is 8.94. The van der Waals surface area contributed by atoms with Crippen LogP contribution < -0.4 is 0 Å². The molecule has 33 heavy (non-hydrogen) atoms. The average molecular weight is 462 g/mol. The molecular formula is C24H30O9. The number of hydrogen-bond donors (Lipinski definition) is 1. The maximum absolute atomic E-state index is 13.2. The number of fused-ring (bicyclic) bond motifs is 2. The van der Waals surface area contributed by atoms with Gasteiger partial charge in [0, 0.05) is 17.2 Å². The molecule has 2 saturated heterocycles. The van der Waals surface area contributed by atoms with E-state index in [0.717, 1.165) is 6.08 Å². The van der Waals surface area contributed by atoms with Crippen molar-refractivity contribution in [3.05, 3.63) is 36.0 Å². The number of carbonyl (C=O) groups excluding carboxylic acids is 4. The maximum atomic E-state index is 13.2. The summed E-state index contributed by atoms with van der Waals surface area (Å²) in [5, 5.41) is 11.4. The molecule has 0 radical (unpaired) electrons. The molecule has 9 heteroatoms. The van der Waals surface area contributed by atoms with Gasteiger partial charge in [-0.2, -0.15) is 0 Å². The SMILES string of the molecule is C=C1C(=O)O[C@@H]2C[C@@H](C)[C@@H]3O[C@@H]3C(=O)[C@@](C)(O)[C@H](OC(=O)/C(C)=C\C)[C@@H](OC(=O)/C=C/C)[C@@H]12. The molecule has 2 aliphatic heterocycles. The summed E-state index contributed by atoms with van der Waals surface area (Å²) < 4.78 is 22.3. The van der Waals surface area contributed by atoms with Crippen LogP contribution in [-0.4, -0.2) is 64.9 Å². The highest BCUT2D eigenvalue weighted by Gasteiger charge is 2.63. The Morgan fingerprint density at radius 2 is 1.91 bits per heavy atom. The predicted molar refractivity (Wildman–Crippen MR) is 115 cm³/mol. The first kappa shape index (κ1) is 24.9. The molecule has 2 heterocycles. The smallest absolute Gasteiger partial charge is 0.334 e. The zero-order valence-corrected chi connectivity index (χ0v) is 19.4. The number of Topliss-reactive ketones (excluding diaryl/α,β-unsaturated/α-hetero) is 1. The minimum Gasteiger partial charge on any atom is -0.458 e. The van der Waals surface area contributed by atoms with E-state index in [0.29, 0.717) is 6.42 Å². The average Bonchev–Trinajstić information content (AvgIpc) is 3.50. The van der Waals surface area contributed by atoms with Gasteiger partial charge in [0.15, 0.2) is 23.6 Å². The molecule has 0 aromatic rings. The Hall–Kier alpha value is -2.78. The van der Waals surface area contributed by atoms with Gasteiger partial charge in [0.1, 0.15) is 12.2 Å². The van der Waals surface area contributed by atoms with Gasteiger partial charge in [0.05, 0.1) is 12.0 Å². The van der Waals surface area contributed by atoms with Crippen LogP contribution in [0.4, 0.5) is 0 Å². The Labute approximate surface area is 192 Å². The Balaban J connectivity index is 2.15. The van der Waals surface area contributed by atoms with Crippen LogP contribution in [0.5, 0.6) is 0 Å². The predicted octanol–water partition coefficient (Wildman–Crippen LogP) is 1.58. The van der Waals surface area contributed by atoms with Crippen molar-refractivity contribution in [3.63, 3.8) is 0 Å². The fraction of sp³-hybridized carbons (Fsp3) is 0.583. The summed E-state index contributed by atoms with van der Waals surface area (Å²) in [5.74, 6) is -4.14. The van der Waals surface area contributed by atoms with Crippen LogP contribution in [0.25, 0.3) is 0 Å². The largest absolute Gasteiger partial charge is 0.458 e. The summed E-state index contributed by atoms with van der Waals surface area (Å²) in [6.07, 6.45) is -0.847. The summed E-state index contributed by atoms with van der Waals surface area (Å²) in [5.41, 5.74) is -2.07. The third-order valence-corrected chi connectivity index (χ3v) is 6.52. The van der Waals surface area contributed by atoms with Crippen LogP contribution in [0.15, 0.2) is 36.0 Å². The molecule has 0 spiro atoms. The van der Waals surface area contributed by atoms with Gasteiger partial charge < -0.3 is 24.1 Å². The molecule has 1 N–H and O–H groups in total. The van der Waals surface area contributed by atoms with Crippen LogP contribution in [0, 0.1) is 11.8 Å². The van der Waals surface area contributed by atoms with E-state index in [9.17, 15) is 24.3 Å². The molecule has 3 fully saturated rings. The lowest BCUT2D eigenvalue weighted by molar-refractivity contribution is -0.195. The molecule has 0 aromatic heterocycles. The van der Waals surface area contributed by atoms with E-state index in [4.69, 9.17) is 18.9 Å². The lowest BCUT2D eigenvalue weighted by Crippen LogP contribution is -2.60. The van der Waals surface area contributed by atoms with Crippen LogP contribution in [0.1, 0.15) is 41.0 Å². The highest BCUT2D eigenvalue weighted by Crippen LogP contribution is 2.45. The first-order valence-electron chi connectivity index (χ1n) is 10.9. The van der Waals surface area contributed by atoms with Crippen molar-refractivity contribution < 1.29 is 43.2 Å². The number of ether oxygens (including phenoxy) is 4. The number of aliphatic hydroxyl groups is 1. The third-order valence-electron chi connectivity index (χ3n) is 6.52. The number of hydrogen-bond acceptors (Lipinski definition) is 9. The molecule has 0 amide bonds. The Morgan fingerprint density at radius 1 is 1.24 bits per heavy atom. The molecule has 180 valence electrons. The molecule has 8 atom stereocenters. The fourth-order valence-corrected chi connectivity index (χ4v) is 4.41. The second-order valence-electron chi connectivity index (χ2n) is 8.94. The summed E-state index contributed by atoms with van der Waals surface area (Å²) in [6, 6.07) is 0. The van der Waals surface area contributed by atoms with Crippen molar-refractivity contribution >= 4 is 23.7 Å². The molecule has 0 aromatic carbocycles. The lowest BCUT2D eigenvalue weighted by Gasteiger charge is -2.39. The van der Waals surface area contributed by atoms with Gasteiger partial charge >= 0.3 is 17.9 Å². The van der Waals surface area contributed by atoms with Crippen molar-refractivity contribution in [1.29, 1.82) is 0 Å². The number of allylic oxidation sites excluding steroid dienone is 2. The van der Waals surface area contributed by atoms with Crippen LogP contribution in [0.2, 0.25) is 0 Å². The van der Waals surface area contributed by atoms with Gasteiger partial charge in [-0.25, -0.2) is 14.4 Å². The van der Waals surface area contributed by atoms with E-state index in [1.807, 2.05) is 6.92 Å². The third kappa shape index (κ3) is 4.65. The van der Waals surface area contributed by atoms with Gasteiger partial charge in [0.2, 0.25) is 0 Å². The van der Waals surface area contributed by atoms with Gasteiger partial charge in [-0.1, -0.05) is 25.7 Å². The molecular weight excluding hydrogens is 432 g/mol. The van der Waals surface area contributed by atoms with Gasteiger partial charge in [-0.15, -0.1) is 0 Å². The standard InChI is InChI=1S/C24H30O9/c1-7-9-15(25)31-18-16-13(5)23(28)30-14(16)10-12(4)17-19(32-17)20(26)24(6,29)21(18)33-22(27)11(3)8-2/h7-9,12,14,16-19,21,29H,5,10H2,1-4,6H3/b9-7+,11-8-/t12-,14-,16+,17+,18+,19+,21-,24-/m1/s1. The number of ketones is 1. The van der Waals surface area contributed by atoms with Crippen molar-refractivity contribution in [2.75, 3.05) is 0 Å². The molecule has 9 nitrogen and oxygen atoms in total. The molecule has 1 saturated carbocycles. The topological polar surface area (TPSA) is 129 Å². The van der Waals surface area contributed by atoms with Crippen molar-refractivity contribution in [2.24, 2.45) is 11.8 Å².